The largest absolute Gasteiger partial charge is 0.397 e. The van der Waals surface area contributed by atoms with Crippen molar-refractivity contribution in [2.45, 2.75) is 6.92 Å². The second kappa shape index (κ2) is 5.28. The number of aryl methyl sites for hydroxylation is 1. The number of anilines is 2. The molecule has 3 nitrogen and oxygen atoms in total. The Morgan fingerprint density at radius 1 is 1.26 bits per heavy atom. The summed E-state index contributed by atoms with van der Waals surface area (Å²) in [7, 11) is 0. The van der Waals surface area contributed by atoms with E-state index in [9.17, 15) is 9.18 Å². The Labute approximate surface area is 115 Å². The number of halogens is 2. The zero-order valence-corrected chi connectivity index (χ0v) is 11.0. The first-order valence-electron chi connectivity index (χ1n) is 5.60. The van der Waals surface area contributed by atoms with Crippen molar-refractivity contribution in [3.05, 3.63) is 58.4 Å². The van der Waals surface area contributed by atoms with E-state index in [0.29, 0.717) is 11.4 Å². The van der Waals surface area contributed by atoms with Crippen LogP contribution in [-0.4, -0.2) is 5.91 Å². The van der Waals surface area contributed by atoms with Crippen molar-refractivity contribution in [1.82, 2.24) is 0 Å². The third kappa shape index (κ3) is 3.03. The number of nitrogens with two attached hydrogens (primary N) is 1. The van der Waals surface area contributed by atoms with Crippen molar-refractivity contribution in [3.8, 4) is 0 Å². The molecule has 1 amide bonds. The van der Waals surface area contributed by atoms with Gasteiger partial charge in [0.05, 0.1) is 16.4 Å². The van der Waals surface area contributed by atoms with Crippen LogP contribution in [0.4, 0.5) is 15.8 Å². The number of hydrogen-bond acceptors (Lipinski definition) is 2. The molecule has 0 saturated carbocycles. The van der Waals surface area contributed by atoms with E-state index < -0.39 is 5.82 Å². The van der Waals surface area contributed by atoms with Crippen molar-refractivity contribution >= 4 is 28.9 Å². The van der Waals surface area contributed by atoms with Gasteiger partial charge in [-0.3, -0.25) is 4.79 Å². The predicted octanol–water partition coefficient (Wildman–Crippen LogP) is 3.62. The van der Waals surface area contributed by atoms with Crippen LogP contribution in [0.3, 0.4) is 0 Å². The molecule has 0 atom stereocenters. The van der Waals surface area contributed by atoms with E-state index in [1.165, 1.54) is 12.1 Å². The van der Waals surface area contributed by atoms with Crippen molar-refractivity contribution < 1.29 is 9.18 Å². The molecule has 98 valence electrons. The molecule has 2 rings (SSSR count). The van der Waals surface area contributed by atoms with E-state index in [0.717, 1.165) is 11.6 Å². The SMILES string of the molecule is Cc1ccc(N)c(NC(=O)c2ccc(F)c(Cl)c2)c1. The van der Waals surface area contributed by atoms with E-state index >= 15 is 0 Å². The Morgan fingerprint density at radius 3 is 2.68 bits per heavy atom. The molecule has 2 aromatic carbocycles. The smallest absolute Gasteiger partial charge is 0.255 e. The van der Waals surface area contributed by atoms with Gasteiger partial charge in [-0.1, -0.05) is 17.7 Å². The summed E-state index contributed by atoms with van der Waals surface area (Å²) >= 11 is 5.64. The lowest BCUT2D eigenvalue weighted by Crippen LogP contribution is -2.13. The summed E-state index contributed by atoms with van der Waals surface area (Å²) in [5.41, 5.74) is 8.00. The second-order valence-corrected chi connectivity index (χ2v) is 4.58. The molecule has 0 aliphatic carbocycles. The van der Waals surface area contributed by atoms with E-state index in [-0.39, 0.29) is 16.5 Å². The lowest BCUT2D eigenvalue weighted by molar-refractivity contribution is 0.102. The van der Waals surface area contributed by atoms with E-state index in [1.54, 1.807) is 12.1 Å². The summed E-state index contributed by atoms with van der Waals surface area (Å²) in [6.45, 7) is 1.89. The van der Waals surface area contributed by atoms with Gasteiger partial charge in [-0.25, -0.2) is 4.39 Å². The summed E-state index contributed by atoms with van der Waals surface area (Å²) in [6, 6.07) is 9.11. The van der Waals surface area contributed by atoms with Crippen molar-refractivity contribution in [1.29, 1.82) is 0 Å². The Hall–Kier alpha value is -2.07. The number of rotatable bonds is 2. The van der Waals surface area contributed by atoms with Gasteiger partial charge >= 0.3 is 0 Å². The predicted molar refractivity (Wildman–Crippen MR) is 75.0 cm³/mol. The van der Waals surface area contributed by atoms with Crippen LogP contribution in [0.1, 0.15) is 15.9 Å². The number of hydrogen-bond donors (Lipinski definition) is 2. The number of nitrogens with one attached hydrogen (secondary N) is 1. The Kier molecular flexibility index (Phi) is 3.71. The molecule has 0 aromatic heterocycles. The minimum atomic E-state index is -0.562. The summed E-state index contributed by atoms with van der Waals surface area (Å²) in [5, 5.41) is 2.58. The fourth-order valence-corrected chi connectivity index (χ4v) is 1.79. The first-order valence-corrected chi connectivity index (χ1v) is 5.97. The third-order valence-electron chi connectivity index (χ3n) is 2.64. The summed E-state index contributed by atoms with van der Waals surface area (Å²) in [4.78, 5) is 12.0. The standard InChI is InChI=1S/C14H12ClFN2O/c1-8-2-5-12(17)13(6-8)18-14(19)9-3-4-11(16)10(15)7-9/h2-7H,17H2,1H3,(H,18,19). The lowest BCUT2D eigenvalue weighted by Gasteiger charge is -2.09. The lowest BCUT2D eigenvalue weighted by atomic mass is 10.1. The van der Waals surface area contributed by atoms with Crippen LogP contribution in [0.25, 0.3) is 0 Å². The number of carbonyl (C=O) groups excluding carboxylic acids is 1. The molecule has 0 saturated heterocycles. The average Bonchev–Trinajstić information content (AvgIpc) is 2.37. The highest BCUT2D eigenvalue weighted by Gasteiger charge is 2.10. The molecule has 0 heterocycles. The number of nitrogen functional groups attached to an aromatic ring is 1. The molecule has 0 spiro atoms. The maximum absolute atomic E-state index is 13.0. The van der Waals surface area contributed by atoms with Crippen LogP contribution in [0, 0.1) is 12.7 Å². The zero-order valence-electron chi connectivity index (χ0n) is 10.2. The maximum atomic E-state index is 13.0. The molecule has 5 heteroatoms. The number of amides is 1. The normalized spacial score (nSPS) is 10.3. The van der Waals surface area contributed by atoms with Crippen LogP contribution in [0.5, 0.6) is 0 Å². The molecule has 0 bridgehead atoms. The maximum Gasteiger partial charge on any atom is 0.255 e. The molecule has 2 aromatic rings. The fraction of sp³-hybridized carbons (Fsp3) is 0.0714. The van der Waals surface area contributed by atoms with Gasteiger partial charge in [0.15, 0.2) is 0 Å². The molecular weight excluding hydrogens is 267 g/mol. The molecule has 0 aliphatic heterocycles. The van der Waals surface area contributed by atoms with E-state index in [2.05, 4.69) is 5.32 Å². The van der Waals surface area contributed by atoms with Crippen LogP contribution in [0.15, 0.2) is 36.4 Å². The molecule has 0 radical (unpaired) electrons. The van der Waals surface area contributed by atoms with E-state index in [4.69, 9.17) is 17.3 Å². The molecule has 0 aliphatic rings. The zero-order chi connectivity index (χ0) is 14.0. The van der Waals surface area contributed by atoms with Gasteiger partial charge in [0.1, 0.15) is 5.82 Å². The van der Waals surface area contributed by atoms with Crippen LogP contribution >= 0.6 is 11.6 Å². The van der Waals surface area contributed by atoms with E-state index in [1.807, 2.05) is 13.0 Å². The fourth-order valence-electron chi connectivity index (χ4n) is 1.61. The van der Waals surface area contributed by atoms with Gasteiger partial charge in [0.25, 0.3) is 5.91 Å². The number of benzene rings is 2. The van der Waals surface area contributed by atoms with Gasteiger partial charge in [-0.15, -0.1) is 0 Å². The highest BCUT2D eigenvalue weighted by Crippen LogP contribution is 2.21. The Bertz CT molecular complexity index is 643. The topological polar surface area (TPSA) is 55.1 Å². The molecule has 19 heavy (non-hydrogen) atoms. The molecule has 0 fully saturated rings. The van der Waals surface area contributed by atoms with Gasteiger partial charge in [-0.2, -0.15) is 0 Å². The van der Waals surface area contributed by atoms with Gasteiger partial charge in [0.2, 0.25) is 0 Å². The van der Waals surface area contributed by atoms with Crippen molar-refractivity contribution in [3.63, 3.8) is 0 Å². The third-order valence-corrected chi connectivity index (χ3v) is 2.93. The second-order valence-electron chi connectivity index (χ2n) is 4.17. The minimum Gasteiger partial charge on any atom is -0.397 e. The van der Waals surface area contributed by atoms with Crippen LogP contribution < -0.4 is 11.1 Å². The average molecular weight is 279 g/mol. The Balaban J connectivity index is 2.25. The molecular formula is C14H12ClFN2O. The van der Waals surface area contributed by atoms with Crippen molar-refractivity contribution in [2.24, 2.45) is 0 Å². The van der Waals surface area contributed by atoms with Crippen LogP contribution in [-0.2, 0) is 0 Å². The monoisotopic (exact) mass is 278 g/mol. The quantitative estimate of drug-likeness (QED) is 0.824. The first kappa shape index (κ1) is 13.4. The summed E-state index contributed by atoms with van der Waals surface area (Å²) in [5.74, 6) is -0.951. The first-order chi connectivity index (χ1) is 8.97. The highest BCUT2D eigenvalue weighted by atomic mass is 35.5. The minimum absolute atomic E-state index is 0.0927. The molecule has 3 N–H and O–H groups in total. The highest BCUT2D eigenvalue weighted by molar-refractivity contribution is 6.31. The number of carbonyl (C=O) groups is 1. The van der Waals surface area contributed by atoms with Crippen LogP contribution in [0.2, 0.25) is 5.02 Å². The summed E-state index contributed by atoms with van der Waals surface area (Å²) < 4.78 is 13.0. The van der Waals surface area contributed by atoms with Crippen molar-refractivity contribution in [2.75, 3.05) is 11.1 Å². The van der Waals surface area contributed by atoms with Gasteiger partial charge < -0.3 is 11.1 Å². The molecule has 0 unspecified atom stereocenters. The van der Waals surface area contributed by atoms with Gasteiger partial charge in [-0.05, 0) is 42.8 Å². The van der Waals surface area contributed by atoms with Gasteiger partial charge in [0, 0.05) is 5.56 Å². The Morgan fingerprint density at radius 2 is 2.00 bits per heavy atom. The summed E-state index contributed by atoms with van der Waals surface area (Å²) in [6.07, 6.45) is 0.